The molecule has 1 fully saturated rings. The third-order valence-electron chi connectivity index (χ3n) is 6.88. The summed E-state index contributed by atoms with van der Waals surface area (Å²) in [6, 6.07) is 16.2. The zero-order chi connectivity index (χ0) is 23.3. The van der Waals surface area contributed by atoms with E-state index >= 15 is 0 Å². The topological polar surface area (TPSA) is 60.9 Å². The van der Waals surface area contributed by atoms with Crippen LogP contribution in [0, 0.1) is 17.6 Å². The molecular formula is C25H24F2N2O3S. The molecule has 0 radical (unpaired) electrons. The second-order valence-electron chi connectivity index (χ2n) is 8.61. The molecule has 2 heterocycles. The minimum Gasteiger partial charge on any atom is -0.394 e. The van der Waals surface area contributed by atoms with E-state index in [4.69, 9.17) is 0 Å². The summed E-state index contributed by atoms with van der Waals surface area (Å²) in [5.41, 5.74) is 3.33. The molecule has 0 unspecified atom stereocenters. The van der Waals surface area contributed by atoms with Gasteiger partial charge in [0.2, 0.25) is 10.0 Å². The van der Waals surface area contributed by atoms with Crippen LogP contribution in [0.5, 0.6) is 0 Å². The lowest BCUT2D eigenvalue weighted by Crippen LogP contribution is -2.48. The molecule has 0 spiro atoms. The van der Waals surface area contributed by atoms with Crippen LogP contribution in [0.2, 0.25) is 0 Å². The SMILES string of the molecule is CN1c2ccc(-c3ccc(F)cc3)cc2[C@H]2[C@H](CCN2S(=O)(=O)c2cccc(F)c2)[C@@H]1CO. The Hall–Kier alpha value is -2.81. The highest BCUT2D eigenvalue weighted by molar-refractivity contribution is 7.89. The molecule has 3 aromatic carbocycles. The van der Waals surface area contributed by atoms with Crippen LogP contribution in [0.25, 0.3) is 11.1 Å². The molecule has 0 aromatic heterocycles. The molecule has 1 N–H and O–H groups in total. The number of aliphatic hydroxyl groups excluding tert-OH is 1. The summed E-state index contributed by atoms with van der Waals surface area (Å²) in [5.74, 6) is -1.06. The van der Waals surface area contributed by atoms with Crippen molar-refractivity contribution in [1.29, 1.82) is 0 Å². The summed E-state index contributed by atoms with van der Waals surface area (Å²) in [6.45, 7) is 0.170. The van der Waals surface area contributed by atoms with Gasteiger partial charge in [-0.3, -0.25) is 0 Å². The molecule has 0 saturated carbocycles. The predicted molar refractivity (Wildman–Crippen MR) is 122 cm³/mol. The summed E-state index contributed by atoms with van der Waals surface area (Å²) in [6.07, 6.45) is 0.578. The largest absolute Gasteiger partial charge is 0.394 e. The summed E-state index contributed by atoms with van der Waals surface area (Å²) in [4.78, 5) is 1.92. The first-order valence-corrected chi connectivity index (χ1v) is 12.3. The predicted octanol–water partition coefficient (Wildman–Crippen LogP) is 4.19. The van der Waals surface area contributed by atoms with Gasteiger partial charge < -0.3 is 10.0 Å². The first-order chi connectivity index (χ1) is 15.8. The van der Waals surface area contributed by atoms with Crippen LogP contribution in [0.4, 0.5) is 14.5 Å². The van der Waals surface area contributed by atoms with Crippen LogP contribution in [0.1, 0.15) is 18.0 Å². The van der Waals surface area contributed by atoms with Crippen molar-refractivity contribution in [1.82, 2.24) is 4.31 Å². The lowest BCUT2D eigenvalue weighted by atomic mass is 9.81. The highest BCUT2D eigenvalue weighted by Gasteiger charge is 2.50. The van der Waals surface area contributed by atoms with E-state index in [1.165, 1.54) is 34.6 Å². The van der Waals surface area contributed by atoms with Crippen molar-refractivity contribution < 1.29 is 22.3 Å². The number of halogens is 2. The van der Waals surface area contributed by atoms with E-state index in [9.17, 15) is 22.3 Å². The maximum atomic E-state index is 13.8. The Labute approximate surface area is 191 Å². The highest BCUT2D eigenvalue weighted by Crippen LogP contribution is 2.51. The number of hydrogen-bond donors (Lipinski definition) is 1. The van der Waals surface area contributed by atoms with Crippen LogP contribution in [0.3, 0.4) is 0 Å². The average molecular weight is 471 g/mol. The molecule has 5 nitrogen and oxygen atoms in total. The molecule has 0 amide bonds. The van der Waals surface area contributed by atoms with Crippen molar-refractivity contribution in [3.8, 4) is 11.1 Å². The van der Waals surface area contributed by atoms with Gasteiger partial charge in [0.05, 0.1) is 23.6 Å². The van der Waals surface area contributed by atoms with E-state index in [0.29, 0.717) is 6.42 Å². The molecule has 2 aliphatic heterocycles. The number of nitrogens with zero attached hydrogens (tertiary/aromatic N) is 2. The molecule has 3 aromatic rings. The fourth-order valence-corrected chi connectivity index (χ4v) is 6.96. The van der Waals surface area contributed by atoms with Gasteiger partial charge in [0.1, 0.15) is 11.6 Å². The Balaban J connectivity index is 1.64. The molecule has 8 heteroatoms. The molecule has 5 rings (SSSR count). The Morgan fingerprint density at radius 2 is 1.70 bits per heavy atom. The zero-order valence-corrected chi connectivity index (χ0v) is 18.8. The molecular weight excluding hydrogens is 446 g/mol. The third kappa shape index (κ3) is 3.62. The van der Waals surface area contributed by atoms with Crippen molar-refractivity contribution in [2.75, 3.05) is 25.1 Å². The molecule has 172 valence electrons. The quantitative estimate of drug-likeness (QED) is 0.621. The standard InChI is InChI=1S/C25H24F2N2O3S/c1-28-23-10-7-17(16-5-8-18(26)9-6-16)13-22(23)25-21(24(28)15-30)11-12-29(25)33(31,32)20-4-2-3-19(27)14-20/h2-10,13-14,21,24-25,30H,11-12,15H2,1H3/t21-,24+,25-/m1/s1. The normalized spacial score (nSPS) is 22.8. The van der Waals surface area contributed by atoms with Gasteiger partial charge in [0, 0.05) is 25.2 Å². The number of sulfonamides is 1. The number of hydrogen-bond acceptors (Lipinski definition) is 4. The van der Waals surface area contributed by atoms with E-state index in [1.807, 2.05) is 30.1 Å². The summed E-state index contributed by atoms with van der Waals surface area (Å²) >= 11 is 0. The zero-order valence-electron chi connectivity index (χ0n) is 18.0. The Morgan fingerprint density at radius 1 is 0.970 bits per heavy atom. The van der Waals surface area contributed by atoms with Gasteiger partial charge in [0.25, 0.3) is 0 Å². The number of likely N-dealkylation sites (N-methyl/N-ethyl adjacent to an activating group) is 1. The highest BCUT2D eigenvalue weighted by atomic mass is 32.2. The van der Waals surface area contributed by atoms with Crippen molar-refractivity contribution in [2.45, 2.75) is 23.4 Å². The van der Waals surface area contributed by atoms with Gasteiger partial charge in [0.15, 0.2) is 0 Å². The number of rotatable bonds is 4. The molecule has 1 saturated heterocycles. The minimum absolute atomic E-state index is 0.0844. The number of benzene rings is 3. The van der Waals surface area contributed by atoms with Crippen molar-refractivity contribution >= 4 is 15.7 Å². The van der Waals surface area contributed by atoms with Gasteiger partial charge in [-0.25, -0.2) is 17.2 Å². The maximum Gasteiger partial charge on any atom is 0.243 e. The Morgan fingerprint density at radius 3 is 2.39 bits per heavy atom. The Kier molecular flexibility index (Phi) is 5.47. The third-order valence-corrected chi connectivity index (χ3v) is 8.76. The molecule has 3 atom stereocenters. The van der Waals surface area contributed by atoms with Gasteiger partial charge in [-0.05, 0) is 65.6 Å². The van der Waals surface area contributed by atoms with E-state index < -0.39 is 21.9 Å². The number of fused-ring (bicyclic) bond motifs is 3. The number of aliphatic hydroxyl groups is 1. The van der Waals surface area contributed by atoms with Crippen LogP contribution in [0.15, 0.2) is 71.6 Å². The minimum atomic E-state index is -3.96. The first-order valence-electron chi connectivity index (χ1n) is 10.8. The fourth-order valence-electron chi connectivity index (χ4n) is 5.27. The van der Waals surface area contributed by atoms with Crippen LogP contribution >= 0.6 is 0 Å². The molecule has 33 heavy (non-hydrogen) atoms. The average Bonchev–Trinajstić information content (AvgIpc) is 3.26. The molecule has 0 aliphatic carbocycles. The van der Waals surface area contributed by atoms with Gasteiger partial charge in [-0.15, -0.1) is 0 Å². The maximum absolute atomic E-state index is 13.8. The van der Waals surface area contributed by atoms with E-state index in [1.54, 1.807) is 12.1 Å². The lowest BCUT2D eigenvalue weighted by Gasteiger charge is -2.44. The van der Waals surface area contributed by atoms with Crippen molar-refractivity contribution in [2.24, 2.45) is 5.92 Å². The Bertz CT molecular complexity index is 1300. The van der Waals surface area contributed by atoms with Gasteiger partial charge in [-0.2, -0.15) is 4.31 Å². The van der Waals surface area contributed by atoms with E-state index in [2.05, 4.69) is 0 Å². The number of anilines is 1. The van der Waals surface area contributed by atoms with Crippen LogP contribution < -0.4 is 4.90 Å². The van der Waals surface area contributed by atoms with Crippen molar-refractivity contribution in [3.05, 3.63) is 83.9 Å². The molecule has 2 aliphatic rings. The lowest BCUT2D eigenvalue weighted by molar-refractivity contribution is 0.193. The summed E-state index contributed by atoms with van der Waals surface area (Å²) in [5, 5.41) is 10.1. The summed E-state index contributed by atoms with van der Waals surface area (Å²) in [7, 11) is -2.06. The van der Waals surface area contributed by atoms with Crippen LogP contribution in [-0.2, 0) is 10.0 Å². The summed E-state index contributed by atoms with van der Waals surface area (Å²) < 4.78 is 55.8. The smallest absolute Gasteiger partial charge is 0.243 e. The van der Waals surface area contributed by atoms with Gasteiger partial charge >= 0.3 is 0 Å². The van der Waals surface area contributed by atoms with Gasteiger partial charge in [-0.1, -0.05) is 24.3 Å². The second-order valence-corrected chi connectivity index (χ2v) is 10.5. The monoisotopic (exact) mass is 470 g/mol. The van der Waals surface area contributed by atoms with Crippen LogP contribution in [-0.4, -0.2) is 44.1 Å². The van der Waals surface area contributed by atoms with E-state index in [0.717, 1.165) is 28.4 Å². The second kappa shape index (κ2) is 8.20. The fraction of sp³-hybridized carbons (Fsp3) is 0.280. The van der Waals surface area contributed by atoms with E-state index in [-0.39, 0.29) is 35.8 Å². The molecule has 0 bridgehead atoms. The van der Waals surface area contributed by atoms with Crippen molar-refractivity contribution in [3.63, 3.8) is 0 Å². The first kappa shape index (κ1) is 22.0.